The van der Waals surface area contributed by atoms with Crippen LogP contribution in [0.2, 0.25) is 0 Å². The van der Waals surface area contributed by atoms with Crippen LogP contribution < -0.4 is 0 Å². The fraction of sp³-hybridized carbons (Fsp3) is 0.300. The number of allylic oxidation sites excluding steroid dienone is 7. The summed E-state index contributed by atoms with van der Waals surface area (Å²) in [5, 5.41) is 0. The molecule has 0 nitrogen and oxygen atoms in total. The van der Waals surface area contributed by atoms with E-state index >= 15 is 0 Å². The van der Waals surface area contributed by atoms with Gasteiger partial charge in [0, 0.05) is 0 Å². The molecule has 1 fully saturated rings. The summed E-state index contributed by atoms with van der Waals surface area (Å²) in [6, 6.07) is 10.8. The van der Waals surface area contributed by atoms with E-state index in [2.05, 4.69) is 56.8 Å². The molecule has 0 N–H and O–H groups in total. The minimum atomic E-state index is 1.09. The summed E-state index contributed by atoms with van der Waals surface area (Å²) in [6.45, 7) is 8.77. The molecule has 0 amide bonds. The second kappa shape index (κ2) is 5.28. The Balaban J connectivity index is 2.16. The summed E-state index contributed by atoms with van der Waals surface area (Å²) in [4.78, 5) is 0. The quantitative estimate of drug-likeness (QED) is 0.627. The maximum Gasteiger partial charge on any atom is -0.00578 e. The molecular weight excluding hydrogens is 240 g/mol. The number of benzene rings is 1. The van der Waals surface area contributed by atoms with Gasteiger partial charge in [-0.05, 0) is 67.4 Å². The van der Waals surface area contributed by atoms with E-state index in [-0.39, 0.29) is 0 Å². The van der Waals surface area contributed by atoms with Crippen LogP contribution in [0.15, 0.2) is 70.9 Å². The van der Waals surface area contributed by atoms with Crippen molar-refractivity contribution in [3.05, 3.63) is 76.4 Å². The van der Waals surface area contributed by atoms with Crippen molar-refractivity contribution in [1.82, 2.24) is 0 Å². The van der Waals surface area contributed by atoms with Gasteiger partial charge in [0.2, 0.25) is 0 Å². The third-order valence-corrected chi connectivity index (χ3v) is 4.39. The van der Waals surface area contributed by atoms with Gasteiger partial charge >= 0.3 is 0 Å². The largest absolute Gasteiger partial charge is 0.0955 e. The summed E-state index contributed by atoms with van der Waals surface area (Å²) in [5.74, 6) is 0. The number of rotatable bonds is 2. The van der Waals surface area contributed by atoms with Crippen LogP contribution in [0.4, 0.5) is 0 Å². The lowest BCUT2D eigenvalue weighted by Gasteiger charge is -2.16. The van der Waals surface area contributed by atoms with E-state index < -0.39 is 0 Å². The third-order valence-electron chi connectivity index (χ3n) is 4.39. The highest BCUT2D eigenvalue weighted by atomic mass is 14.3. The van der Waals surface area contributed by atoms with E-state index in [9.17, 15) is 0 Å². The molecule has 1 aromatic rings. The molecule has 0 aromatic heterocycles. The Labute approximate surface area is 122 Å². The molecule has 0 atom stereocenters. The molecule has 3 rings (SSSR count). The first-order chi connectivity index (χ1) is 9.66. The Morgan fingerprint density at radius 2 is 1.80 bits per heavy atom. The Hall–Kier alpha value is -1.82. The Bertz CT molecular complexity index is 636. The SMILES string of the molecule is C=C1CCC/C1=C(/C1=C(C)C=C(C)C1)c1ccccc1. The van der Waals surface area contributed by atoms with E-state index in [4.69, 9.17) is 0 Å². The highest BCUT2D eigenvalue weighted by molar-refractivity contribution is 5.86. The summed E-state index contributed by atoms with van der Waals surface area (Å²) >= 11 is 0. The molecule has 2 aliphatic carbocycles. The van der Waals surface area contributed by atoms with Crippen molar-refractivity contribution in [1.29, 1.82) is 0 Å². The lowest BCUT2D eigenvalue weighted by molar-refractivity contribution is 0.933. The molecule has 1 saturated carbocycles. The molecular formula is C20H22. The van der Waals surface area contributed by atoms with Crippen molar-refractivity contribution < 1.29 is 0 Å². The zero-order valence-electron chi connectivity index (χ0n) is 12.5. The van der Waals surface area contributed by atoms with Gasteiger partial charge in [-0.3, -0.25) is 0 Å². The van der Waals surface area contributed by atoms with E-state index in [0.717, 1.165) is 12.8 Å². The van der Waals surface area contributed by atoms with Crippen LogP contribution in [0.25, 0.3) is 5.57 Å². The lowest BCUT2D eigenvalue weighted by atomic mass is 9.88. The average Bonchev–Trinajstić information content (AvgIpc) is 2.99. The second-order valence-electron chi connectivity index (χ2n) is 6.01. The van der Waals surface area contributed by atoms with Crippen molar-refractivity contribution in [3.63, 3.8) is 0 Å². The summed E-state index contributed by atoms with van der Waals surface area (Å²) in [6.07, 6.45) is 7.01. The van der Waals surface area contributed by atoms with E-state index in [1.54, 1.807) is 0 Å². The van der Waals surface area contributed by atoms with Crippen LogP contribution in [0.3, 0.4) is 0 Å². The van der Waals surface area contributed by atoms with Crippen molar-refractivity contribution >= 4 is 5.57 Å². The van der Waals surface area contributed by atoms with Crippen molar-refractivity contribution in [2.24, 2.45) is 0 Å². The number of hydrogen-bond donors (Lipinski definition) is 0. The van der Waals surface area contributed by atoms with Crippen LogP contribution in [0.1, 0.15) is 45.1 Å². The molecule has 0 bridgehead atoms. The van der Waals surface area contributed by atoms with E-state index in [1.165, 1.54) is 51.8 Å². The molecule has 0 aliphatic heterocycles. The normalized spacial score (nSPS) is 21.5. The Morgan fingerprint density at radius 1 is 1.05 bits per heavy atom. The van der Waals surface area contributed by atoms with Crippen LogP contribution in [-0.2, 0) is 0 Å². The van der Waals surface area contributed by atoms with Gasteiger partial charge in [0.05, 0.1) is 0 Å². The Morgan fingerprint density at radius 3 is 2.35 bits per heavy atom. The molecule has 20 heavy (non-hydrogen) atoms. The molecule has 0 saturated heterocycles. The van der Waals surface area contributed by atoms with Gasteiger partial charge in [0.25, 0.3) is 0 Å². The minimum Gasteiger partial charge on any atom is -0.0955 e. The second-order valence-corrected chi connectivity index (χ2v) is 6.01. The maximum atomic E-state index is 4.30. The summed E-state index contributed by atoms with van der Waals surface area (Å²) in [7, 11) is 0. The van der Waals surface area contributed by atoms with Gasteiger partial charge in [0.15, 0.2) is 0 Å². The minimum absolute atomic E-state index is 1.09. The molecule has 1 aromatic carbocycles. The van der Waals surface area contributed by atoms with Gasteiger partial charge in [0.1, 0.15) is 0 Å². The number of hydrogen-bond acceptors (Lipinski definition) is 0. The van der Waals surface area contributed by atoms with Gasteiger partial charge in [-0.2, -0.15) is 0 Å². The fourth-order valence-electron chi connectivity index (χ4n) is 3.45. The van der Waals surface area contributed by atoms with Gasteiger partial charge in [-0.25, -0.2) is 0 Å². The van der Waals surface area contributed by atoms with Crippen molar-refractivity contribution in [2.45, 2.75) is 39.5 Å². The summed E-state index contributed by atoms with van der Waals surface area (Å²) in [5.41, 5.74) is 10.0. The third kappa shape index (κ3) is 2.31. The smallest absolute Gasteiger partial charge is 0.00578 e. The van der Waals surface area contributed by atoms with Gasteiger partial charge in [-0.15, -0.1) is 0 Å². The lowest BCUT2D eigenvalue weighted by Crippen LogP contribution is -1.96. The first-order valence-corrected chi connectivity index (χ1v) is 7.51. The van der Waals surface area contributed by atoms with Crippen LogP contribution in [-0.4, -0.2) is 0 Å². The molecule has 0 heterocycles. The predicted octanol–water partition coefficient (Wildman–Crippen LogP) is 5.85. The van der Waals surface area contributed by atoms with Crippen LogP contribution >= 0.6 is 0 Å². The standard InChI is InChI=1S/C20H22/c1-14-12-16(3)19(13-14)20(17-9-5-4-6-10-17)18-11-7-8-15(18)2/h4-6,9-10,12H,2,7-8,11,13H2,1,3H3/b20-18-. The van der Waals surface area contributed by atoms with Gasteiger partial charge in [-0.1, -0.05) is 54.1 Å². The zero-order valence-corrected chi connectivity index (χ0v) is 12.5. The molecule has 0 radical (unpaired) electrons. The maximum absolute atomic E-state index is 4.30. The monoisotopic (exact) mass is 262 g/mol. The highest BCUT2D eigenvalue weighted by Crippen LogP contribution is 2.43. The first-order valence-electron chi connectivity index (χ1n) is 7.51. The average molecular weight is 262 g/mol. The Kier molecular flexibility index (Phi) is 3.48. The van der Waals surface area contributed by atoms with Crippen LogP contribution in [0.5, 0.6) is 0 Å². The fourth-order valence-corrected chi connectivity index (χ4v) is 3.45. The van der Waals surface area contributed by atoms with Crippen molar-refractivity contribution in [3.8, 4) is 0 Å². The van der Waals surface area contributed by atoms with E-state index in [0.29, 0.717) is 0 Å². The molecule has 0 heteroatoms. The molecule has 0 spiro atoms. The van der Waals surface area contributed by atoms with E-state index in [1.807, 2.05) is 0 Å². The topological polar surface area (TPSA) is 0 Å². The molecule has 102 valence electrons. The molecule has 2 aliphatic rings. The van der Waals surface area contributed by atoms with Gasteiger partial charge < -0.3 is 0 Å². The molecule has 0 unspecified atom stereocenters. The van der Waals surface area contributed by atoms with Crippen molar-refractivity contribution in [2.75, 3.05) is 0 Å². The first kappa shape index (κ1) is 13.2. The predicted molar refractivity (Wildman–Crippen MR) is 87.4 cm³/mol. The van der Waals surface area contributed by atoms with Crippen LogP contribution in [0, 0.1) is 0 Å². The highest BCUT2D eigenvalue weighted by Gasteiger charge is 2.23. The zero-order chi connectivity index (χ0) is 14.1. The summed E-state index contributed by atoms with van der Waals surface area (Å²) < 4.78 is 0.